The lowest BCUT2D eigenvalue weighted by Gasteiger charge is -2.39. The first kappa shape index (κ1) is 20.0. The van der Waals surface area contributed by atoms with E-state index in [0.29, 0.717) is 17.3 Å². The fourth-order valence-electron chi connectivity index (χ4n) is 4.46. The Kier molecular flexibility index (Phi) is 4.69. The van der Waals surface area contributed by atoms with E-state index in [4.69, 9.17) is 9.47 Å². The number of nitrogens with zero attached hydrogens (tertiary/aromatic N) is 3. The van der Waals surface area contributed by atoms with Crippen molar-refractivity contribution in [3.05, 3.63) is 106 Å². The van der Waals surface area contributed by atoms with Crippen molar-refractivity contribution >= 4 is 27.6 Å². The molecule has 0 aliphatic carbocycles. The monoisotopic (exact) mass is 504 g/mol. The van der Waals surface area contributed by atoms with Gasteiger partial charge in [0, 0.05) is 15.6 Å². The molecule has 0 radical (unpaired) electrons. The van der Waals surface area contributed by atoms with Crippen LogP contribution in [0.3, 0.4) is 0 Å². The van der Waals surface area contributed by atoms with Crippen LogP contribution in [0.15, 0.2) is 83.1 Å². The molecule has 2 aliphatic heterocycles. The minimum Gasteiger partial charge on any atom is -0.497 e. The van der Waals surface area contributed by atoms with E-state index in [1.807, 2.05) is 53.2 Å². The van der Waals surface area contributed by atoms with Gasteiger partial charge in [0.2, 0.25) is 5.95 Å². The summed E-state index contributed by atoms with van der Waals surface area (Å²) in [5.74, 6) is 1.62. The van der Waals surface area contributed by atoms with Crippen molar-refractivity contribution in [2.45, 2.75) is 12.1 Å². The Hall–Kier alpha value is -3.65. The third kappa shape index (κ3) is 3.29. The molecule has 6 rings (SSSR count). The summed E-state index contributed by atoms with van der Waals surface area (Å²) in [6.45, 7) is 0. The van der Waals surface area contributed by atoms with Gasteiger partial charge in [0.15, 0.2) is 0 Å². The molecule has 3 heterocycles. The van der Waals surface area contributed by atoms with Crippen LogP contribution in [-0.4, -0.2) is 21.9 Å². The van der Waals surface area contributed by atoms with Crippen LogP contribution in [-0.2, 0) is 0 Å². The Balaban J connectivity index is 1.61. The molecule has 0 fully saturated rings. The highest BCUT2D eigenvalue weighted by atomic mass is 79.9. The Bertz CT molecular complexity index is 1380. The van der Waals surface area contributed by atoms with Crippen molar-refractivity contribution in [2.24, 2.45) is 0 Å². The van der Waals surface area contributed by atoms with Gasteiger partial charge in [0.05, 0.1) is 12.8 Å². The molecule has 3 aromatic carbocycles. The summed E-state index contributed by atoms with van der Waals surface area (Å²) in [5.41, 5.74) is 4.33. The average molecular weight is 505 g/mol. The van der Waals surface area contributed by atoms with Gasteiger partial charge in [-0.3, -0.25) is 0 Å². The van der Waals surface area contributed by atoms with Gasteiger partial charge >= 0.3 is 0 Å². The van der Waals surface area contributed by atoms with E-state index >= 15 is 0 Å². The number of aromatic nitrogens is 3. The fraction of sp³-hybridized carbons (Fsp3) is 0.120. The summed E-state index contributed by atoms with van der Waals surface area (Å²) >= 11 is 3.52. The van der Waals surface area contributed by atoms with E-state index < -0.39 is 6.10 Å². The van der Waals surface area contributed by atoms with Gasteiger partial charge in [-0.1, -0.05) is 40.2 Å². The normalized spacial score (nSPS) is 18.5. The lowest BCUT2D eigenvalue weighted by Crippen LogP contribution is -2.32. The van der Waals surface area contributed by atoms with Crippen molar-refractivity contribution in [3.8, 4) is 11.5 Å². The zero-order valence-electron chi connectivity index (χ0n) is 17.5. The van der Waals surface area contributed by atoms with Gasteiger partial charge in [0.25, 0.3) is 0 Å². The van der Waals surface area contributed by atoms with E-state index in [2.05, 4.69) is 31.3 Å². The van der Waals surface area contributed by atoms with Gasteiger partial charge in [-0.2, -0.15) is 10.1 Å². The molecular formula is C25H18BrFN4O2. The topological polar surface area (TPSA) is 61.2 Å². The Morgan fingerprint density at radius 2 is 1.79 bits per heavy atom. The molecule has 0 amide bonds. The predicted octanol–water partition coefficient (Wildman–Crippen LogP) is 5.75. The summed E-state index contributed by atoms with van der Waals surface area (Å²) in [7, 11) is 1.64. The smallest absolute Gasteiger partial charge is 0.226 e. The van der Waals surface area contributed by atoms with E-state index in [-0.39, 0.29) is 11.9 Å². The number of hydrogen-bond donors (Lipinski definition) is 1. The van der Waals surface area contributed by atoms with Crippen LogP contribution in [0.25, 0.3) is 5.70 Å². The van der Waals surface area contributed by atoms with Crippen molar-refractivity contribution in [3.63, 3.8) is 0 Å². The van der Waals surface area contributed by atoms with Gasteiger partial charge < -0.3 is 14.8 Å². The summed E-state index contributed by atoms with van der Waals surface area (Å²) in [5, 5.41) is 7.89. The molecule has 4 aromatic rings. The van der Waals surface area contributed by atoms with Gasteiger partial charge in [-0.05, 0) is 53.6 Å². The largest absolute Gasteiger partial charge is 0.497 e. The van der Waals surface area contributed by atoms with Crippen LogP contribution in [0, 0.1) is 5.82 Å². The van der Waals surface area contributed by atoms with Gasteiger partial charge in [-0.25, -0.2) is 9.07 Å². The number of ether oxygens (including phenoxy) is 2. The second-order valence-electron chi connectivity index (χ2n) is 7.85. The summed E-state index contributed by atoms with van der Waals surface area (Å²) in [6, 6.07) is 20.1. The first-order valence-corrected chi connectivity index (χ1v) is 11.2. The second-order valence-corrected chi connectivity index (χ2v) is 8.76. The minimum atomic E-state index is -0.428. The lowest BCUT2D eigenvalue weighted by atomic mass is 9.84. The van der Waals surface area contributed by atoms with Gasteiger partial charge in [0.1, 0.15) is 35.8 Å². The molecule has 2 unspecified atom stereocenters. The third-order valence-corrected chi connectivity index (χ3v) is 6.51. The molecule has 33 heavy (non-hydrogen) atoms. The first-order valence-electron chi connectivity index (χ1n) is 10.4. The highest BCUT2D eigenvalue weighted by Crippen LogP contribution is 2.50. The quantitative estimate of drug-likeness (QED) is 0.385. The third-order valence-electron chi connectivity index (χ3n) is 5.98. The molecule has 0 saturated heterocycles. The number of rotatable bonds is 3. The summed E-state index contributed by atoms with van der Waals surface area (Å²) < 4.78 is 29.0. The molecule has 1 aromatic heterocycles. The van der Waals surface area contributed by atoms with Crippen molar-refractivity contribution in [1.82, 2.24) is 14.8 Å². The van der Waals surface area contributed by atoms with Crippen LogP contribution in [0.2, 0.25) is 0 Å². The number of anilines is 1. The molecule has 1 N–H and O–H groups in total. The van der Waals surface area contributed by atoms with Crippen molar-refractivity contribution in [2.75, 3.05) is 12.4 Å². The van der Waals surface area contributed by atoms with Crippen LogP contribution >= 0.6 is 15.9 Å². The van der Waals surface area contributed by atoms with Crippen molar-refractivity contribution in [1.29, 1.82) is 0 Å². The molecule has 0 spiro atoms. The minimum absolute atomic E-state index is 0.296. The maximum absolute atomic E-state index is 14.3. The highest BCUT2D eigenvalue weighted by molar-refractivity contribution is 9.10. The van der Waals surface area contributed by atoms with Crippen LogP contribution < -0.4 is 14.8 Å². The van der Waals surface area contributed by atoms with E-state index in [0.717, 1.165) is 32.6 Å². The van der Waals surface area contributed by atoms with Gasteiger partial charge in [-0.15, -0.1) is 0 Å². The fourth-order valence-corrected chi connectivity index (χ4v) is 4.73. The van der Waals surface area contributed by atoms with Crippen molar-refractivity contribution < 1.29 is 13.9 Å². The summed E-state index contributed by atoms with van der Waals surface area (Å²) in [6.07, 6.45) is 1.09. The lowest BCUT2D eigenvalue weighted by molar-refractivity contribution is 0.222. The number of halogens is 2. The van der Waals surface area contributed by atoms with Crippen LogP contribution in [0.4, 0.5) is 10.3 Å². The maximum Gasteiger partial charge on any atom is 0.226 e. The van der Waals surface area contributed by atoms with E-state index in [9.17, 15) is 4.39 Å². The number of hydrogen-bond acceptors (Lipinski definition) is 5. The van der Waals surface area contributed by atoms with E-state index in [1.54, 1.807) is 13.2 Å². The molecule has 0 bridgehead atoms. The SMILES string of the molecule is COc1ccc(C2Oc3ccc(F)cc3C3=C2C(c2ccc(Br)cc2)n2ncnc2N3)cc1. The zero-order valence-corrected chi connectivity index (χ0v) is 19.1. The average Bonchev–Trinajstić information content (AvgIpc) is 3.31. The Morgan fingerprint density at radius 3 is 2.55 bits per heavy atom. The van der Waals surface area contributed by atoms with E-state index in [1.165, 1.54) is 18.5 Å². The Morgan fingerprint density at radius 1 is 1.03 bits per heavy atom. The van der Waals surface area contributed by atoms with Crippen LogP contribution in [0.5, 0.6) is 11.5 Å². The molecular weight excluding hydrogens is 487 g/mol. The Labute approximate surface area is 197 Å². The highest BCUT2D eigenvalue weighted by Gasteiger charge is 2.41. The number of nitrogens with one attached hydrogen (secondary N) is 1. The predicted molar refractivity (Wildman–Crippen MR) is 126 cm³/mol. The molecule has 2 aliphatic rings. The number of fused-ring (bicyclic) bond motifs is 3. The summed E-state index contributed by atoms with van der Waals surface area (Å²) in [4.78, 5) is 4.40. The molecule has 0 saturated carbocycles. The second kappa shape index (κ2) is 7.74. The molecule has 8 heteroatoms. The maximum atomic E-state index is 14.3. The molecule has 2 atom stereocenters. The number of methoxy groups -OCH3 is 1. The zero-order chi connectivity index (χ0) is 22.5. The molecule has 164 valence electrons. The molecule has 6 nitrogen and oxygen atoms in total. The standard InChI is InChI=1S/C25H18BrFN4O2/c1-32-18-9-4-15(5-10-18)24-21-22(19-12-17(27)8-11-20(19)33-24)30-25-28-13-29-31(25)23(21)14-2-6-16(26)7-3-14/h2-13,23-24H,1H3,(H,28,29,30). The number of benzene rings is 3. The van der Waals surface area contributed by atoms with Crippen LogP contribution in [0.1, 0.15) is 28.8 Å². The first-order chi connectivity index (χ1) is 16.1.